The maximum Gasteiger partial charge on any atom is 0.0798 e. The molecule has 70 valence electrons. The second-order valence-corrected chi connectivity index (χ2v) is 4.24. The van der Waals surface area contributed by atoms with Gasteiger partial charge >= 0.3 is 0 Å². The van der Waals surface area contributed by atoms with E-state index in [2.05, 4.69) is 32.9 Å². The quantitative estimate of drug-likeness (QED) is 0.644. The molecule has 0 heterocycles. The SMILES string of the molecule is Cc1cc(C)c2c(c1)C(O)CC2C. The van der Waals surface area contributed by atoms with Gasteiger partial charge in [0.2, 0.25) is 0 Å². The van der Waals surface area contributed by atoms with Gasteiger partial charge in [0.15, 0.2) is 0 Å². The van der Waals surface area contributed by atoms with E-state index in [4.69, 9.17) is 0 Å². The number of aliphatic hydroxyl groups is 1. The second-order valence-electron chi connectivity index (χ2n) is 4.24. The average molecular weight is 176 g/mol. The molecule has 13 heavy (non-hydrogen) atoms. The van der Waals surface area contributed by atoms with Gasteiger partial charge in [0, 0.05) is 0 Å². The van der Waals surface area contributed by atoms with Crippen LogP contribution < -0.4 is 0 Å². The summed E-state index contributed by atoms with van der Waals surface area (Å²) in [6.45, 7) is 6.42. The minimum Gasteiger partial charge on any atom is -0.388 e. The highest BCUT2D eigenvalue weighted by Crippen LogP contribution is 2.41. The molecule has 0 spiro atoms. The summed E-state index contributed by atoms with van der Waals surface area (Å²) in [5, 5.41) is 9.80. The lowest BCUT2D eigenvalue weighted by Crippen LogP contribution is -1.93. The largest absolute Gasteiger partial charge is 0.388 e. The minimum absolute atomic E-state index is 0.233. The first-order chi connectivity index (χ1) is 6.09. The van der Waals surface area contributed by atoms with Gasteiger partial charge in [-0.05, 0) is 42.9 Å². The van der Waals surface area contributed by atoms with Gasteiger partial charge in [0.1, 0.15) is 0 Å². The van der Waals surface area contributed by atoms with E-state index in [1.54, 1.807) is 0 Å². The van der Waals surface area contributed by atoms with Crippen molar-refractivity contribution < 1.29 is 5.11 Å². The molecule has 2 atom stereocenters. The number of rotatable bonds is 0. The Labute approximate surface area is 79.4 Å². The van der Waals surface area contributed by atoms with Crippen LogP contribution in [0.4, 0.5) is 0 Å². The number of aryl methyl sites for hydroxylation is 2. The van der Waals surface area contributed by atoms with Crippen LogP contribution in [0.15, 0.2) is 12.1 Å². The number of benzene rings is 1. The van der Waals surface area contributed by atoms with Crippen LogP contribution in [0, 0.1) is 13.8 Å². The van der Waals surface area contributed by atoms with Crippen LogP contribution in [0.5, 0.6) is 0 Å². The van der Waals surface area contributed by atoms with Crippen LogP contribution in [0.3, 0.4) is 0 Å². The fourth-order valence-electron chi connectivity index (χ4n) is 2.54. The summed E-state index contributed by atoms with van der Waals surface area (Å²) in [4.78, 5) is 0. The predicted molar refractivity (Wildman–Crippen MR) is 53.9 cm³/mol. The molecule has 1 aliphatic rings. The lowest BCUT2D eigenvalue weighted by molar-refractivity contribution is 0.174. The number of hydrogen-bond donors (Lipinski definition) is 1. The molecule has 0 fully saturated rings. The monoisotopic (exact) mass is 176 g/mol. The van der Waals surface area contributed by atoms with Crippen LogP contribution in [-0.4, -0.2) is 5.11 Å². The number of fused-ring (bicyclic) bond motifs is 1. The van der Waals surface area contributed by atoms with E-state index in [1.165, 1.54) is 16.7 Å². The third-order valence-electron chi connectivity index (χ3n) is 2.99. The molecule has 2 unspecified atom stereocenters. The fourth-order valence-corrected chi connectivity index (χ4v) is 2.54. The highest BCUT2D eigenvalue weighted by atomic mass is 16.3. The van der Waals surface area contributed by atoms with Crippen LogP contribution >= 0.6 is 0 Å². The molecular weight excluding hydrogens is 160 g/mol. The van der Waals surface area contributed by atoms with Crippen LogP contribution in [0.1, 0.15) is 47.6 Å². The van der Waals surface area contributed by atoms with E-state index in [0.29, 0.717) is 5.92 Å². The Morgan fingerprint density at radius 2 is 2.00 bits per heavy atom. The van der Waals surface area contributed by atoms with Crippen molar-refractivity contribution in [2.75, 3.05) is 0 Å². The molecule has 1 nitrogen and oxygen atoms in total. The Hall–Kier alpha value is -0.820. The summed E-state index contributed by atoms with van der Waals surface area (Å²) in [5.74, 6) is 0.519. The van der Waals surface area contributed by atoms with Crippen molar-refractivity contribution in [2.45, 2.75) is 39.2 Å². The van der Waals surface area contributed by atoms with E-state index < -0.39 is 0 Å². The lowest BCUT2D eigenvalue weighted by Gasteiger charge is -2.09. The first-order valence-electron chi connectivity index (χ1n) is 4.88. The molecule has 1 heteroatoms. The van der Waals surface area contributed by atoms with Gasteiger partial charge in [-0.25, -0.2) is 0 Å². The molecule has 2 rings (SSSR count). The Kier molecular flexibility index (Phi) is 1.92. The minimum atomic E-state index is -0.233. The van der Waals surface area contributed by atoms with Crippen molar-refractivity contribution in [1.29, 1.82) is 0 Å². The smallest absolute Gasteiger partial charge is 0.0798 e. The van der Waals surface area contributed by atoms with Gasteiger partial charge in [-0.15, -0.1) is 0 Å². The Balaban J connectivity index is 2.63. The van der Waals surface area contributed by atoms with Crippen LogP contribution in [0.25, 0.3) is 0 Å². The first-order valence-corrected chi connectivity index (χ1v) is 4.88. The van der Waals surface area contributed by atoms with Crippen molar-refractivity contribution in [1.82, 2.24) is 0 Å². The van der Waals surface area contributed by atoms with E-state index >= 15 is 0 Å². The van der Waals surface area contributed by atoms with Gasteiger partial charge in [-0.3, -0.25) is 0 Å². The van der Waals surface area contributed by atoms with Crippen molar-refractivity contribution in [2.24, 2.45) is 0 Å². The molecule has 0 aromatic heterocycles. The molecule has 1 aliphatic carbocycles. The zero-order chi connectivity index (χ0) is 9.59. The Bertz CT molecular complexity index is 341. The normalized spacial score (nSPS) is 26.2. The van der Waals surface area contributed by atoms with Crippen LogP contribution in [0.2, 0.25) is 0 Å². The van der Waals surface area contributed by atoms with E-state index in [1.807, 2.05) is 0 Å². The summed E-state index contributed by atoms with van der Waals surface area (Å²) in [5.41, 5.74) is 5.12. The van der Waals surface area contributed by atoms with Crippen LogP contribution in [-0.2, 0) is 0 Å². The third kappa shape index (κ3) is 1.28. The van der Waals surface area contributed by atoms with E-state index in [9.17, 15) is 5.11 Å². The van der Waals surface area contributed by atoms with Crippen molar-refractivity contribution in [3.63, 3.8) is 0 Å². The summed E-state index contributed by atoms with van der Waals surface area (Å²) < 4.78 is 0. The lowest BCUT2D eigenvalue weighted by atomic mass is 9.96. The average Bonchev–Trinajstić information content (AvgIpc) is 2.27. The summed E-state index contributed by atoms with van der Waals surface area (Å²) >= 11 is 0. The fraction of sp³-hybridized carbons (Fsp3) is 0.500. The molecule has 0 radical (unpaired) electrons. The molecule has 0 amide bonds. The molecule has 0 aliphatic heterocycles. The standard InChI is InChI=1S/C12H16O/c1-7-4-8(2)12-9(3)6-11(13)10(12)5-7/h4-5,9,11,13H,6H2,1-3H3. The number of aliphatic hydroxyl groups excluding tert-OH is 1. The zero-order valence-corrected chi connectivity index (χ0v) is 8.46. The molecule has 1 aromatic carbocycles. The van der Waals surface area contributed by atoms with Gasteiger partial charge in [0.25, 0.3) is 0 Å². The zero-order valence-electron chi connectivity index (χ0n) is 8.46. The molecule has 0 bridgehead atoms. The predicted octanol–water partition coefficient (Wildman–Crippen LogP) is 2.84. The molecular formula is C12H16O. The topological polar surface area (TPSA) is 20.2 Å². The maximum atomic E-state index is 9.80. The van der Waals surface area contributed by atoms with Crippen molar-refractivity contribution >= 4 is 0 Å². The van der Waals surface area contributed by atoms with E-state index in [0.717, 1.165) is 12.0 Å². The highest BCUT2D eigenvalue weighted by Gasteiger charge is 2.27. The van der Waals surface area contributed by atoms with Gasteiger partial charge in [-0.2, -0.15) is 0 Å². The highest BCUT2D eigenvalue weighted by molar-refractivity contribution is 5.44. The molecule has 0 saturated carbocycles. The van der Waals surface area contributed by atoms with Gasteiger partial charge in [0.05, 0.1) is 6.10 Å². The molecule has 0 saturated heterocycles. The van der Waals surface area contributed by atoms with Gasteiger partial charge < -0.3 is 5.11 Å². The first kappa shape index (κ1) is 8.76. The van der Waals surface area contributed by atoms with E-state index in [-0.39, 0.29) is 6.10 Å². The third-order valence-corrected chi connectivity index (χ3v) is 2.99. The summed E-state index contributed by atoms with van der Waals surface area (Å²) in [7, 11) is 0. The summed E-state index contributed by atoms with van der Waals surface area (Å²) in [6.07, 6.45) is 0.656. The summed E-state index contributed by atoms with van der Waals surface area (Å²) in [6, 6.07) is 4.32. The molecule has 1 aromatic rings. The Morgan fingerprint density at radius 1 is 1.31 bits per heavy atom. The van der Waals surface area contributed by atoms with Crippen molar-refractivity contribution in [3.05, 3.63) is 34.4 Å². The molecule has 1 N–H and O–H groups in total. The number of hydrogen-bond acceptors (Lipinski definition) is 1. The second kappa shape index (κ2) is 2.85. The Morgan fingerprint density at radius 3 is 2.69 bits per heavy atom. The van der Waals surface area contributed by atoms with Crippen molar-refractivity contribution in [3.8, 4) is 0 Å². The maximum absolute atomic E-state index is 9.80. The van der Waals surface area contributed by atoms with Gasteiger partial charge in [-0.1, -0.05) is 24.6 Å².